The number of carboxylic acid groups (broad SMARTS) is 2. The maximum absolute atomic E-state index is 9.10. The van der Waals surface area contributed by atoms with Crippen molar-refractivity contribution in [2.75, 3.05) is 26.2 Å². The molecule has 0 radical (unpaired) electrons. The SMILES string of the molecule is N#Cc1ccc(OCCCN2CCC3CCCCC3C2)cc1.O=C(O)C(=O)O. The highest BCUT2D eigenvalue weighted by Crippen LogP contribution is 2.35. The van der Waals surface area contributed by atoms with E-state index in [0.29, 0.717) is 5.56 Å². The molecule has 2 fully saturated rings. The Kier molecular flexibility index (Phi) is 8.76. The van der Waals surface area contributed by atoms with E-state index < -0.39 is 11.9 Å². The zero-order valence-corrected chi connectivity index (χ0v) is 16.0. The average Bonchev–Trinajstić information content (AvgIpc) is 2.72. The number of likely N-dealkylation sites (tertiary alicyclic amines) is 1. The average molecular weight is 388 g/mol. The van der Waals surface area contributed by atoms with Crippen molar-refractivity contribution in [3.63, 3.8) is 0 Å². The maximum atomic E-state index is 9.10. The van der Waals surface area contributed by atoms with Crippen LogP contribution in [-0.4, -0.2) is 53.3 Å². The van der Waals surface area contributed by atoms with E-state index in [1.54, 1.807) is 0 Å². The Bertz CT molecular complexity index is 671. The first kappa shape index (κ1) is 21.7. The number of carboxylic acids is 2. The molecule has 1 saturated heterocycles. The van der Waals surface area contributed by atoms with E-state index in [-0.39, 0.29) is 0 Å². The fraction of sp³-hybridized carbons (Fsp3) is 0.571. The standard InChI is InChI=1S/C19H26N2O.C2H2O4/c20-14-16-6-8-19(9-7-16)22-13-3-11-21-12-10-17-4-1-2-5-18(17)15-21;3-1(4)2(5)6/h6-9,17-18H,1-5,10-13,15H2;(H,3,4)(H,5,6). The second-order valence-corrected chi connectivity index (χ2v) is 7.34. The molecule has 3 rings (SSSR count). The Morgan fingerprint density at radius 3 is 2.32 bits per heavy atom. The molecule has 1 heterocycles. The van der Waals surface area contributed by atoms with Crippen LogP contribution in [0.2, 0.25) is 0 Å². The molecule has 152 valence electrons. The number of piperidine rings is 1. The van der Waals surface area contributed by atoms with E-state index in [1.165, 1.54) is 45.2 Å². The summed E-state index contributed by atoms with van der Waals surface area (Å²) in [6.45, 7) is 4.50. The molecule has 7 heteroatoms. The Balaban J connectivity index is 0.000000409. The molecule has 0 aromatic heterocycles. The molecule has 0 amide bonds. The highest BCUT2D eigenvalue weighted by atomic mass is 16.5. The topological polar surface area (TPSA) is 111 Å². The highest BCUT2D eigenvalue weighted by Gasteiger charge is 2.30. The minimum Gasteiger partial charge on any atom is -0.494 e. The molecule has 2 unspecified atom stereocenters. The highest BCUT2D eigenvalue weighted by molar-refractivity contribution is 6.27. The molecule has 28 heavy (non-hydrogen) atoms. The van der Waals surface area contributed by atoms with Crippen molar-refractivity contribution >= 4 is 11.9 Å². The molecule has 1 saturated carbocycles. The van der Waals surface area contributed by atoms with Crippen molar-refractivity contribution < 1.29 is 24.5 Å². The molecule has 7 nitrogen and oxygen atoms in total. The van der Waals surface area contributed by atoms with Gasteiger partial charge in [0.2, 0.25) is 0 Å². The van der Waals surface area contributed by atoms with Gasteiger partial charge in [0.1, 0.15) is 5.75 Å². The lowest BCUT2D eigenvalue weighted by Gasteiger charge is -2.41. The number of aliphatic carboxylic acids is 2. The second-order valence-electron chi connectivity index (χ2n) is 7.34. The third-order valence-corrected chi connectivity index (χ3v) is 5.43. The third-order valence-electron chi connectivity index (χ3n) is 5.43. The summed E-state index contributed by atoms with van der Waals surface area (Å²) in [4.78, 5) is 20.8. The lowest BCUT2D eigenvalue weighted by atomic mass is 9.75. The summed E-state index contributed by atoms with van der Waals surface area (Å²) < 4.78 is 5.77. The van der Waals surface area contributed by atoms with Crippen molar-refractivity contribution in [2.45, 2.75) is 38.5 Å². The molecular weight excluding hydrogens is 360 g/mol. The lowest BCUT2D eigenvalue weighted by molar-refractivity contribution is -0.159. The van der Waals surface area contributed by atoms with E-state index in [1.807, 2.05) is 24.3 Å². The van der Waals surface area contributed by atoms with Crippen LogP contribution in [0.4, 0.5) is 0 Å². The number of hydrogen-bond acceptors (Lipinski definition) is 5. The van der Waals surface area contributed by atoms with Gasteiger partial charge in [0.25, 0.3) is 0 Å². The summed E-state index contributed by atoms with van der Waals surface area (Å²) in [6.07, 6.45) is 8.30. The first-order chi connectivity index (χ1) is 13.5. The van der Waals surface area contributed by atoms with E-state index in [9.17, 15) is 0 Å². The molecule has 2 atom stereocenters. The quantitative estimate of drug-likeness (QED) is 0.589. The number of carbonyl (C=O) groups is 2. The minimum absolute atomic E-state index is 0.683. The summed E-state index contributed by atoms with van der Waals surface area (Å²) in [6, 6.07) is 9.50. The smallest absolute Gasteiger partial charge is 0.414 e. The summed E-state index contributed by atoms with van der Waals surface area (Å²) >= 11 is 0. The lowest BCUT2D eigenvalue weighted by Crippen LogP contribution is -2.42. The summed E-state index contributed by atoms with van der Waals surface area (Å²) in [5.74, 6) is -0.808. The van der Waals surface area contributed by atoms with E-state index in [4.69, 9.17) is 29.8 Å². The number of nitriles is 1. The van der Waals surface area contributed by atoms with Crippen LogP contribution < -0.4 is 4.74 Å². The van der Waals surface area contributed by atoms with Gasteiger partial charge in [-0.15, -0.1) is 0 Å². The summed E-state index contributed by atoms with van der Waals surface area (Å²) in [5.41, 5.74) is 0.683. The van der Waals surface area contributed by atoms with Crippen molar-refractivity contribution in [3.8, 4) is 11.8 Å². The minimum atomic E-state index is -1.82. The normalized spacial score (nSPS) is 21.4. The van der Waals surface area contributed by atoms with Crippen molar-refractivity contribution in [1.82, 2.24) is 4.90 Å². The van der Waals surface area contributed by atoms with Crippen LogP contribution in [0.25, 0.3) is 0 Å². The largest absolute Gasteiger partial charge is 0.494 e. The van der Waals surface area contributed by atoms with E-state index in [2.05, 4.69) is 11.0 Å². The van der Waals surface area contributed by atoms with Crippen molar-refractivity contribution in [3.05, 3.63) is 29.8 Å². The van der Waals surface area contributed by atoms with E-state index in [0.717, 1.165) is 37.2 Å². The Morgan fingerprint density at radius 1 is 1.07 bits per heavy atom. The van der Waals surface area contributed by atoms with Gasteiger partial charge in [0.05, 0.1) is 18.2 Å². The van der Waals surface area contributed by atoms with Crippen LogP contribution in [-0.2, 0) is 9.59 Å². The first-order valence-corrected chi connectivity index (χ1v) is 9.81. The Hall–Kier alpha value is -2.59. The number of rotatable bonds is 5. The van der Waals surface area contributed by atoms with E-state index >= 15 is 0 Å². The molecule has 2 N–H and O–H groups in total. The van der Waals surface area contributed by atoms with Crippen LogP contribution >= 0.6 is 0 Å². The van der Waals surface area contributed by atoms with Crippen LogP contribution in [0.5, 0.6) is 5.75 Å². The molecular formula is C21H28N2O5. The van der Waals surface area contributed by atoms with Gasteiger partial charge in [0.15, 0.2) is 0 Å². The fourth-order valence-electron chi connectivity index (χ4n) is 3.98. The number of benzene rings is 1. The number of fused-ring (bicyclic) bond motifs is 1. The summed E-state index contributed by atoms with van der Waals surface area (Å²) in [7, 11) is 0. The monoisotopic (exact) mass is 388 g/mol. The van der Waals surface area contributed by atoms with Gasteiger partial charge in [-0.25, -0.2) is 9.59 Å². The number of nitrogens with zero attached hydrogens (tertiary/aromatic N) is 2. The Labute approximate surface area is 165 Å². The second kappa shape index (κ2) is 11.3. The molecule has 0 spiro atoms. The Morgan fingerprint density at radius 2 is 1.71 bits per heavy atom. The van der Waals surface area contributed by atoms with Gasteiger partial charge in [-0.3, -0.25) is 0 Å². The molecule has 1 aromatic carbocycles. The van der Waals surface area contributed by atoms with Crippen LogP contribution in [0, 0.1) is 23.2 Å². The van der Waals surface area contributed by atoms with Gasteiger partial charge < -0.3 is 19.8 Å². The van der Waals surface area contributed by atoms with Crippen LogP contribution in [0.3, 0.4) is 0 Å². The van der Waals surface area contributed by atoms with Gasteiger partial charge >= 0.3 is 11.9 Å². The van der Waals surface area contributed by atoms with Crippen molar-refractivity contribution in [2.24, 2.45) is 11.8 Å². The predicted octanol–water partition coefficient (Wildman–Crippen LogP) is 2.99. The van der Waals surface area contributed by atoms with Crippen molar-refractivity contribution in [1.29, 1.82) is 5.26 Å². The zero-order chi connectivity index (χ0) is 20.4. The third kappa shape index (κ3) is 7.20. The first-order valence-electron chi connectivity index (χ1n) is 9.81. The zero-order valence-electron chi connectivity index (χ0n) is 16.0. The summed E-state index contributed by atoms with van der Waals surface area (Å²) in [5, 5.41) is 23.6. The number of hydrogen-bond donors (Lipinski definition) is 2. The van der Waals surface area contributed by atoms with Gasteiger partial charge in [-0.05, 0) is 61.9 Å². The molecule has 0 bridgehead atoms. The maximum Gasteiger partial charge on any atom is 0.414 e. The van der Waals surface area contributed by atoms with Gasteiger partial charge in [0, 0.05) is 13.1 Å². The predicted molar refractivity (Wildman–Crippen MR) is 103 cm³/mol. The van der Waals surface area contributed by atoms with Gasteiger partial charge in [-0.1, -0.05) is 19.3 Å². The van der Waals surface area contributed by atoms with Gasteiger partial charge in [-0.2, -0.15) is 5.26 Å². The molecule has 2 aliphatic rings. The molecule has 1 aliphatic carbocycles. The van der Waals surface area contributed by atoms with Crippen LogP contribution in [0.1, 0.15) is 44.1 Å². The van der Waals surface area contributed by atoms with Crippen LogP contribution in [0.15, 0.2) is 24.3 Å². The molecule has 1 aromatic rings. The molecule has 1 aliphatic heterocycles. The fourth-order valence-corrected chi connectivity index (χ4v) is 3.98. The number of ether oxygens (including phenoxy) is 1.